The number of carbonyl (C=O) groups is 2. The molecule has 2 aliphatic rings. The van der Waals surface area contributed by atoms with Crippen molar-refractivity contribution in [3.8, 4) is 0 Å². The number of hydrogen-bond acceptors (Lipinski definition) is 4. The number of thiazole rings is 1. The molecule has 6 nitrogen and oxygen atoms in total. The van der Waals surface area contributed by atoms with Gasteiger partial charge < -0.3 is 15.5 Å². The quantitative estimate of drug-likeness (QED) is 0.858. The molecule has 0 radical (unpaired) electrons. The number of nitrogens with zero attached hydrogens (tertiary/aromatic N) is 2. The van der Waals surface area contributed by atoms with Gasteiger partial charge in [0.2, 0.25) is 5.91 Å². The van der Waals surface area contributed by atoms with E-state index in [2.05, 4.69) is 15.6 Å². The minimum absolute atomic E-state index is 0.00408. The van der Waals surface area contributed by atoms with Gasteiger partial charge in [0.25, 0.3) is 0 Å². The molecule has 1 aliphatic carbocycles. The van der Waals surface area contributed by atoms with E-state index >= 15 is 0 Å². The number of likely N-dealkylation sites (tertiary alicyclic amines) is 1. The molecule has 0 bridgehead atoms. The topological polar surface area (TPSA) is 74.3 Å². The van der Waals surface area contributed by atoms with E-state index in [1.54, 1.807) is 6.07 Å². The molecule has 1 aromatic carbocycles. The molecule has 2 fully saturated rings. The maximum absolute atomic E-state index is 12.5. The number of urea groups is 1. The number of rotatable bonds is 3. The average Bonchev–Trinajstić information content (AvgIpc) is 3.32. The van der Waals surface area contributed by atoms with E-state index in [4.69, 9.17) is 11.6 Å². The van der Waals surface area contributed by atoms with E-state index in [0.29, 0.717) is 42.1 Å². The number of piperidine rings is 1. The van der Waals surface area contributed by atoms with Crippen LogP contribution >= 0.6 is 22.9 Å². The monoisotopic (exact) mass is 378 g/mol. The Hall–Kier alpha value is -1.86. The first kappa shape index (κ1) is 16.6. The predicted octanol–water partition coefficient (Wildman–Crippen LogP) is 3.47. The molecule has 2 N–H and O–H groups in total. The summed E-state index contributed by atoms with van der Waals surface area (Å²) in [7, 11) is 0. The standard InChI is InChI=1S/C17H19ClN4O2S/c18-11-1-4-13-14(9-11)25-16(20-13)21-15(23)10-5-7-22(8-6-10)17(24)19-12-2-3-12/h1,4,9-10,12H,2-3,5-8H2,(H,19,24)(H,20,21,23). The molecule has 132 valence electrons. The van der Waals surface area contributed by atoms with Crippen molar-refractivity contribution in [1.82, 2.24) is 15.2 Å². The number of carbonyl (C=O) groups excluding carboxylic acids is 2. The molecule has 8 heteroatoms. The third kappa shape index (κ3) is 3.88. The lowest BCUT2D eigenvalue weighted by Gasteiger charge is -2.31. The van der Waals surface area contributed by atoms with Crippen molar-refractivity contribution in [3.05, 3.63) is 23.2 Å². The summed E-state index contributed by atoms with van der Waals surface area (Å²) in [5, 5.41) is 7.16. The highest BCUT2D eigenvalue weighted by atomic mass is 35.5. The number of fused-ring (bicyclic) bond motifs is 1. The molecule has 2 aromatic rings. The summed E-state index contributed by atoms with van der Waals surface area (Å²) < 4.78 is 0.953. The zero-order chi connectivity index (χ0) is 17.4. The third-order valence-corrected chi connectivity index (χ3v) is 5.81. The summed E-state index contributed by atoms with van der Waals surface area (Å²) in [6.07, 6.45) is 3.53. The van der Waals surface area contributed by atoms with Crippen LogP contribution in [-0.4, -0.2) is 41.0 Å². The second-order valence-corrected chi connectivity index (χ2v) is 8.07. The van der Waals surface area contributed by atoms with Crippen LogP contribution in [0.5, 0.6) is 0 Å². The lowest BCUT2D eigenvalue weighted by atomic mass is 9.96. The Morgan fingerprint density at radius 1 is 1.20 bits per heavy atom. The number of nitrogens with one attached hydrogen (secondary N) is 2. The van der Waals surface area contributed by atoms with E-state index in [0.717, 1.165) is 23.1 Å². The molecule has 0 unspecified atom stereocenters. The Kier molecular flexibility index (Phi) is 4.52. The average molecular weight is 379 g/mol. The van der Waals surface area contributed by atoms with Crippen molar-refractivity contribution in [2.24, 2.45) is 5.92 Å². The largest absolute Gasteiger partial charge is 0.335 e. The molecule has 1 saturated heterocycles. The number of halogens is 1. The van der Waals surface area contributed by atoms with Crippen molar-refractivity contribution in [3.63, 3.8) is 0 Å². The molecule has 4 rings (SSSR count). The van der Waals surface area contributed by atoms with Gasteiger partial charge in [-0.25, -0.2) is 9.78 Å². The van der Waals surface area contributed by atoms with Crippen LogP contribution in [0.3, 0.4) is 0 Å². The highest BCUT2D eigenvalue weighted by Crippen LogP contribution is 2.29. The van der Waals surface area contributed by atoms with Crippen molar-refractivity contribution in [2.75, 3.05) is 18.4 Å². The van der Waals surface area contributed by atoms with Gasteiger partial charge in [0.05, 0.1) is 10.2 Å². The Labute approximate surface area is 154 Å². The highest BCUT2D eigenvalue weighted by Gasteiger charge is 2.30. The van der Waals surface area contributed by atoms with Crippen molar-refractivity contribution < 1.29 is 9.59 Å². The fraction of sp³-hybridized carbons (Fsp3) is 0.471. The molecular weight excluding hydrogens is 360 g/mol. The van der Waals surface area contributed by atoms with Gasteiger partial charge in [-0.2, -0.15) is 0 Å². The van der Waals surface area contributed by atoms with Crippen LogP contribution in [0.1, 0.15) is 25.7 Å². The fourth-order valence-corrected chi connectivity index (χ4v) is 4.14. The molecule has 3 amide bonds. The first-order chi connectivity index (χ1) is 12.1. The summed E-state index contributed by atoms with van der Waals surface area (Å²) >= 11 is 7.41. The summed E-state index contributed by atoms with van der Waals surface area (Å²) in [6, 6.07) is 5.85. The van der Waals surface area contributed by atoms with Gasteiger partial charge in [0.15, 0.2) is 5.13 Å². The number of amides is 3. The van der Waals surface area contributed by atoms with E-state index in [1.165, 1.54) is 11.3 Å². The zero-order valence-electron chi connectivity index (χ0n) is 13.6. The molecule has 1 aliphatic heterocycles. The second-order valence-electron chi connectivity index (χ2n) is 6.61. The van der Waals surface area contributed by atoms with Crippen molar-refractivity contribution in [2.45, 2.75) is 31.7 Å². The normalized spacial score (nSPS) is 18.4. The van der Waals surface area contributed by atoms with Crippen LogP contribution < -0.4 is 10.6 Å². The minimum atomic E-state index is -0.0828. The molecule has 25 heavy (non-hydrogen) atoms. The van der Waals surface area contributed by atoms with Crippen molar-refractivity contribution >= 4 is 50.2 Å². The van der Waals surface area contributed by atoms with Gasteiger partial charge in [-0.1, -0.05) is 22.9 Å². The second kappa shape index (κ2) is 6.80. The van der Waals surface area contributed by atoms with Gasteiger partial charge in [0.1, 0.15) is 0 Å². The van der Waals surface area contributed by atoms with Gasteiger partial charge in [0, 0.05) is 30.1 Å². The number of hydrogen-bond donors (Lipinski definition) is 2. The summed E-state index contributed by atoms with van der Waals surface area (Å²) in [4.78, 5) is 30.8. The van der Waals surface area contributed by atoms with Crippen LogP contribution in [0.4, 0.5) is 9.93 Å². The Balaban J connectivity index is 1.32. The third-order valence-electron chi connectivity index (χ3n) is 4.64. The molecular formula is C17H19ClN4O2S. The summed E-state index contributed by atoms with van der Waals surface area (Å²) in [5.41, 5.74) is 0.830. The molecule has 0 spiro atoms. The fourth-order valence-electron chi connectivity index (χ4n) is 3.00. The first-order valence-corrected chi connectivity index (χ1v) is 9.70. The van der Waals surface area contributed by atoms with Gasteiger partial charge in [-0.15, -0.1) is 0 Å². The van der Waals surface area contributed by atoms with Crippen LogP contribution in [0.2, 0.25) is 5.02 Å². The predicted molar refractivity (Wildman–Crippen MR) is 99.1 cm³/mol. The Morgan fingerprint density at radius 3 is 2.68 bits per heavy atom. The SMILES string of the molecule is O=C(Nc1nc2ccc(Cl)cc2s1)C1CCN(C(=O)NC2CC2)CC1. The smallest absolute Gasteiger partial charge is 0.317 e. The van der Waals surface area contributed by atoms with Crippen LogP contribution in [0, 0.1) is 5.92 Å². The zero-order valence-corrected chi connectivity index (χ0v) is 15.2. The minimum Gasteiger partial charge on any atom is -0.335 e. The number of anilines is 1. The lowest BCUT2D eigenvalue weighted by Crippen LogP contribution is -2.46. The lowest BCUT2D eigenvalue weighted by molar-refractivity contribution is -0.121. The number of aromatic nitrogens is 1. The summed E-state index contributed by atoms with van der Waals surface area (Å²) in [6.45, 7) is 1.23. The Bertz CT molecular complexity index is 812. The first-order valence-electron chi connectivity index (χ1n) is 8.51. The molecule has 2 heterocycles. The molecule has 1 saturated carbocycles. The van der Waals surface area contributed by atoms with E-state index in [9.17, 15) is 9.59 Å². The van der Waals surface area contributed by atoms with Gasteiger partial charge >= 0.3 is 6.03 Å². The number of benzene rings is 1. The van der Waals surface area contributed by atoms with E-state index in [1.807, 2.05) is 17.0 Å². The maximum atomic E-state index is 12.5. The van der Waals surface area contributed by atoms with E-state index < -0.39 is 0 Å². The van der Waals surface area contributed by atoms with Gasteiger partial charge in [-0.05, 0) is 43.9 Å². The molecule has 0 atom stereocenters. The molecule has 1 aromatic heterocycles. The van der Waals surface area contributed by atoms with Crippen LogP contribution in [-0.2, 0) is 4.79 Å². The van der Waals surface area contributed by atoms with Crippen LogP contribution in [0.15, 0.2) is 18.2 Å². The maximum Gasteiger partial charge on any atom is 0.317 e. The highest BCUT2D eigenvalue weighted by molar-refractivity contribution is 7.22. The Morgan fingerprint density at radius 2 is 1.96 bits per heavy atom. The van der Waals surface area contributed by atoms with Crippen LogP contribution in [0.25, 0.3) is 10.2 Å². The summed E-state index contributed by atoms with van der Waals surface area (Å²) in [5.74, 6) is -0.104. The van der Waals surface area contributed by atoms with Gasteiger partial charge in [-0.3, -0.25) is 4.79 Å². The van der Waals surface area contributed by atoms with E-state index in [-0.39, 0.29) is 17.9 Å². The van der Waals surface area contributed by atoms with Crippen molar-refractivity contribution in [1.29, 1.82) is 0 Å².